The molecule has 1 aromatic carbocycles. The number of halogens is 1. The third kappa shape index (κ3) is 6.36. The summed E-state index contributed by atoms with van der Waals surface area (Å²) in [5.41, 5.74) is 6.35. The minimum atomic E-state index is -3.18. The number of carbonyl (C=O) groups is 1. The molecule has 1 aromatic rings. The van der Waals surface area contributed by atoms with Crippen molar-refractivity contribution in [1.82, 2.24) is 0 Å². The van der Waals surface area contributed by atoms with E-state index in [1.54, 1.807) is 6.07 Å². The van der Waals surface area contributed by atoms with Gasteiger partial charge in [0, 0.05) is 28.5 Å². The highest BCUT2D eigenvalue weighted by atomic mass is 35.5. The van der Waals surface area contributed by atoms with Crippen LogP contribution in [0.15, 0.2) is 18.2 Å². The van der Waals surface area contributed by atoms with Gasteiger partial charge in [0.1, 0.15) is 15.6 Å². The average molecular weight is 339 g/mol. The predicted molar refractivity (Wildman–Crippen MR) is 82.1 cm³/mol. The zero-order valence-electron chi connectivity index (χ0n) is 10.8. The number of nitrogens with one attached hydrogen (secondary N) is 1. The van der Waals surface area contributed by atoms with Crippen LogP contribution in [0.2, 0.25) is 5.02 Å². The van der Waals surface area contributed by atoms with Crippen LogP contribution >= 0.6 is 11.6 Å². The van der Waals surface area contributed by atoms with Gasteiger partial charge in [-0.15, -0.1) is 0 Å². The maximum Gasteiger partial charge on any atom is 0.236 e. The number of benzene rings is 1. The normalized spacial score (nSPS) is 12.9. The average Bonchev–Trinajstić information content (AvgIpc) is 2.30. The number of hydrogen-bond acceptors (Lipinski definition) is 5. The van der Waals surface area contributed by atoms with Crippen LogP contribution in [0.3, 0.4) is 0 Å². The number of sulfone groups is 1. The van der Waals surface area contributed by atoms with E-state index >= 15 is 0 Å². The van der Waals surface area contributed by atoms with Gasteiger partial charge in [-0.2, -0.15) is 0 Å². The number of nitrogen functional groups attached to an aromatic ring is 1. The molecule has 1 atom stereocenters. The zero-order chi connectivity index (χ0) is 15.3. The molecule has 0 radical (unpaired) electrons. The van der Waals surface area contributed by atoms with Gasteiger partial charge in [-0.3, -0.25) is 9.00 Å². The Bertz CT molecular complexity index is 631. The SMILES string of the molecule is CS(=O)(=O)CCS(=O)CC(=O)Nc1ccc(Cl)c(N)c1. The van der Waals surface area contributed by atoms with Crippen molar-refractivity contribution in [2.45, 2.75) is 0 Å². The van der Waals surface area contributed by atoms with Crippen LogP contribution in [0.25, 0.3) is 0 Å². The molecule has 0 fully saturated rings. The quantitative estimate of drug-likeness (QED) is 0.741. The maximum atomic E-state index is 11.6. The number of amides is 1. The predicted octanol–water partition coefficient (Wildman–Crippen LogP) is 0.654. The van der Waals surface area contributed by atoms with Crippen LogP contribution in [-0.4, -0.2) is 42.0 Å². The molecule has 1 amide bonds. The Hall–Kier alpha value is -1.12. The van der Waals surface area contributed by atoms with Crippen LogP contribution in [-0.2, 0) is 25.4 Å². The van der Waals surface area contributed by atoms with Gasteiger partial charge in [-0.05, 0) is 18.2 Å². The minimum Gasteiger partial charge on any atom is -0.397 e. The first-order valence-electron chi connectivity index (χ1n) is 5.55. The number of rotatable bonds is 6. The Balaban J connectivity index is 2.51. The lowest BCUT2D eigenvalue weighted by Crippen LogP contribution is -2.23. The Kier molecular flexibility index (Phi) is 5.97. The minimum absolute atomic E-state index is 0.0605. The van der Waals surface area contributed by atoms with Crippen molar-refractivity contribution in [3.8, 4) is 0 Å². The van der Waals surface area contributed by atoms with E-state index in [4.69, 9.17) is 17.3 Å². The summed E-state index contributed by atoms with van der Waals surface area (Å²) in [4.78, 5) is 11.6. The summed E-state index contributed by atoms with van der Waals surface area (Å²) in [6, 6.07) is 4.59. The number of anilines is 2. The molecule has 0 spiro atoms. The van der Waals surface area contributed by atoms with E-state index in [1.807, 2.05) is 0 Å². The molecule has 1 rings (SSSR count). The third-order valence-corrected chi connectivity index (χ3v) is 5.05. The maximum absolute atomic E-state index is 11.6. The first-order chi connectivity index (χ1) is 9.17. The molecule has 0 aliphatic heterocycles. The van der Waals surface area contributed by atoms with Gasteiger partial charge in [0.15, 0.2) is 0 Å². The second-order valence-electron chi connectivity index (χ2n) is 4.20. The van der Waals surface area contributed by atoms with E-state index in [1.165, 1.54) is 12.1 Å². The highest BCUT2D eigenvalue weighted by Gasteiger charge is 2.11. The van der Waals surface area contributed by atoms with Crippen molar-refractivity contribution in [3.05, 3.63) is 23.2 Å². The molecule has 0 saturated carbocycles. The Morgan fingerprint density at radius 3 is 2.65 bits per heavy atom. The summed E-state index contributed by atoms with van der Waals surface area (Å²) >= 11 is 5.74. The standard InChI is InChI=1S/C11H15ClN2O4S2/c1-20(17,18)5-4-19(16)7-11(15)14-8-2-3-9(12)10(13)6-8/h2-3,6H,4-5,7,13H2,1H3,(H,14,15). The van der Waals surface area contributed by atoms with Crippen LogP contribution in [0.4, 0.5) is 11.4 Å². The first-order valence-corrected chi connectivity index (χ1v) is 9.47. The molecule has 0 heterocycles. The molecule has 6 nitrogen and oxygen atoms in total. The van der Waals surface area contributed by atoms with E-state index in [2.05, 4.69) is 5.32 Å². The molecule has 0 aliphatic rings. The summed E-state index contributed by atoms with van der Waals surface area (Å²) < 4.78 is 33.4. The molecular weight excluding hydrogens is 324 g/mol. The molecule has 3 N–H and O–H groups in total. The van der Waals surface area contributed by atoms with E-state index in [-0.39, 0.29) is 17.3 Å². The number of hydrogen-bond donors (Lipinski definition) is 2. The van der Waals surface area contributed by atoms with Crippen molar-refractivity contribution in [2.75, 3.05) is 34.6 Å². The second-order valence-corrected chi connectivity index (χ2v) is 8.45. The third-order valence-electron chi connectivity index (χ3n) is 2.25. The topological polar surface area (TPSA) is 106 Å². The van der Waals surface area contributed by atoms with Gasteiger partial charge in [0.25, 0.3) is 0 Å². The molecular formula is C11H15ClN2O4S2. The monoisotopic (exact) mass is 338 g/mol. The molecule has 1 unspecified atom stereocenters. The van der Waals surface area contributed by atoms with Gasteiger partial charge in [0.05, 0.1) is 16.5 Å². The Labute approximate surface area is 125 Å². The molecule has 20 heavy (non-hydrogen) atoms. The lowest BCUT2D eigenvalue weighted by Gasteiger charge is -2.07. The first kappa shape index (κ1) is 16.9. The summed E-state index contributed by atoms with van der Waals surface area (Å²) in [5, 5.41) is 2.89. The molecule has 112 valence electrons. The van der Waals surface area contributed by atoms with E-state index < -0.39 is 26.5 Å². The van der Waals surface area contributed by atoms with E-state index in [0.29, 0.717) is 16.4 Å². The highest BCUT2D eigenvalue weighted by molar-refractivity contribution is 7.92. The van der Waals surface area contributed by atoms with Gasteiger partial charge in [-0.1, -0.05) is 11.6 Å². The largest absolute Gasteiger partial charge is 0.397 e. The Morgan fingerprint density at radius 1 is 1.45 bits per heavy atom. The molecule has 9 heteroatoms. The van der Waals surface area contributed by atoms with Crippen LogP contribution in [0, 0.1) is 0 Å². The summed E-state index contributed by atoms with van der Waals surface area (Å²) in [6.07, 6.45) is 1.06. The van der Waals surface area contributed by atoms with Crippen LogP contribution in [0.5, 0.6) is 0 Å². The second kappa shape index (κ2) is 7.05. The van der Waals surface area contributed by atoms with Crippen molar-refractivity contribution in [2.24, 2.45) is 0 Å². The fraction of sp³-hybridized carbons (Fsp3) is 0.364. The van der Waals surface area contributed by atoms with Gasteiger partial charge >= 0.3 is 0 Å². The highest BCUT2D eigenvalue weighted by Crippen LogP contribution is 2.22. The Morgan fingerprint density at radius 2 is 2.10 bits per heavy atom. The van der Waals surface area contributed by atoms with E-state index in [0.717, 1.165) is 6.26 Å². The van der Waals surface area contributed by atoms with Crippen molar-refractivity contribution in [3.63, 3.8) is 0 Å². The van der Waals surface area contributed by atoms with Crippen LogP contribution < -0.4 is 11.1 Å². The summed E-state index contributed by atoms with van der Waals surface area (Å²) in [6.45, 7) is 0. The number of nitrogens with two attached hydrogens (primary N) is 1. The molecule has 0 saturated heterocycles. The van der Waals surface area contributed by atoms with Crippen molar-refractivity contribution < 1.29 is 17.4 Å². The summed E-state index contributed by atoms with van der Waals surface area (Å²) in [7, 11) is -4.71. The molecule has 0 bridgehead atoms. The smallest absolute Gasteiger partial charge is 0.236 e. The fourth-order valence-corrected chi connectivity index (χ4v) is 3.86. The van der Waals surface area contributed by atoms with Gasteiger partial charge in [0.2, 0.25) is 5.91 Å². The zero-order valence-corrected chi connectivity index (χ0v) is 13.1. The number of carbonyl (C=O) groups excluding carboxylic acids is 1. The molecule has 0 aromatic heterocycles. The molecule has 0 aliphatic carbocycles. The van der Waals surface area contributed by atoms with Gasteiger partial charge in [-0.25, -0.2) is 8.42 Å². The van der Waals surface area contributed by atoms with E-state index in [9.17, 15) is 17.4 Å². The van der Waals surface area contributed by atoms with Crippen molar-refractivity contribution in [1.29, 1.82) is 0 Å². The van der Waals surface area contributed by atoms with Gasteiger partial charge < -0.3 is 11.1 Å². The summed E-state index contributed by atoms with van der Waals surface area (Å²) in [5.74, 6) is -1.01. The lowest BCUT2D eigenvalue weighted by molar-refractivity contribution is -0.113. The van der Waals surface area contributed by atoms with Crippen molar-refractivity contribution >= 4 is 49.5 Å². The fourth-order valence-electron chi connectivity index (χ4n) is 1.28. The lowest BCUT2D eigenvalue weighted by atomic mass is 10.3. The van der Waals surface area contributed by atoms with Crippen LogP contribution in [0.1, 0.15) is 0 Å².